The molecule has 3 aromatic rings. The molecule has 1 aliphatic rings. The summed E-state index contributed by atoms with van der Waals surface area (Å²) in [5, 5.41) is 21.4. The van der Waals surface area contributed by atoms with E-state index in [2.05, 4.69) is 4.99 Å². The van der Waals surface area contributed by atoms with E-state index >= 15 is 0 Å². The molecule has 0 saturated carbocycles. The van der Waals surface area contributed by atoms with Crippen molar-refractivity contribution in [2.45, 2.75) is 23.5 Å². The third kappa shape index (κ3) is 3.79. The second kappa shape index (κ2) is 7.56. The highest BCUT2D eigenvalue weighted by atomic mass is 32.2. The minimum Gasteiger partial charge on any atom is -0.507 e. The van der Waals surface area contributed by atoms with Crippen LogP contribution in [0, 0.1) is 17.0 Å². The highest BCUT2D eigenvalue weighted by Gasteiger charge is 2.27. The third-order valence-corrected chi connectivity index (χ3v) is 5.89. The average Bonchev–Trinajstić information content (AvgIpc) is 2.87. The van der Waals surface area contributed by atoms with Gasteiger partial charge in [0.1, 0.15) is 17.1 Å². The molecular weight excluding hydrogens is 392 g/mol. The molecule has 0 spiro atoms. The van der Waals surface area contributed by atoms with Gasteiger partial charge in [0.05, 0.1) is 16.3 Å². The van der Waals surface area contributed by atoms with E-state index in [1.807, 2.05) is 30.3 Å². The van der Waals surface area contributed by atoms with E-state index in [9.17, 15) is 20.0 Å². The molecule has 0 amide bonds. The van der Waals surface area contributed by atoms with Gasteiger partial charge < -0.3 is 9.52 Å². The molecule has 4 rings (SSSR count). The molecule has 7 nitrogen and oxygen atoms in total. The van der Waals surface area contributed by atoms with Gasteiger partial charge in [-0.2, -0.15) is 0 Å². The van der Waals surface area contributed by atoms with Crippen molar-refractivity contribution < 1.29 is 14.4 Å². The zero-order valence-electron chi connectivity index (χ0n) is 15.4. The summed E-state index contributed by atoms with van der Waals surface area (Å²) in [5.41, 5.74) is 1.14. The second-order valence-corrected chi connectivity index (χ2v) is 7.84. The van der Waals surface area contributed by atoms with Gasteiger partial charge >= 0.3 is 5.63 Å². The van der Waals surface area contributed by atoms with Crippen LogP contribution in [0.2, 0.25) is 0 Å². The van der Waals surface area contributed by atoms with Gasteiger partial charge in [-0.15, -0.1) is 11.8 Å². The fraction of sp³-hybridized carbons (Fsp3) is 0.143. The first-order chi connectivity index (χ1) is 13.9. The van der Waals surface area contributed by atoms with Crippen LogP contribution < -0.4 is 5.63 Å². The van der Waals surface area contributed by atoms with Crippen molar-refractivity contribution in [3.8, 4) is 5.75 Å². The Hall–Kier alpha value is -3.39. The van der Waals surface area contributed by atoms with E-state index in [1.165, 1.54) is 30.0 Å². The molecule has 0 unspecified atom stereocenters. The van der Waals surface area contributed by atoms with E-state index in [-0.39, 0.29) is 22.3 Å². The first kappa shape index (κ1) is 18.9. The van der Waals surface area contributed by atoms with Crippen LogP contribution in [0.3, 0.4) is 0 Å². The molecule has 8 heteroatoms. The number of benzene rings is 2. The molecule has 1 aromatic heterocycles. The molecular formula is C21H16N2O5S. The Labute approximate surface area is 169 Å². The zero-order valence-corrected chi connectivity index (χ0v) is 16.2. The molecule has 146 valence electrons. The van der Waals surface area contributed by atoms with Gasteiger partial charge in [-0.05, 0) is 24.6 Å². The molecule has 2 heterocycles. The largest absolute Gasteiger partial charge is 0.507 e. The topological polar surface area (TPSA) is 106 Å². The third-order valence-electron chi connectivity index (χ3n) is 4.56. The number of nitrogens with zero attached hydrogens (tertiary/aromatic N) is 2. The minimum absolute atomic E-state index is 0.00295. The minimum atomic E-state index is -0.663. The van der Waals surface area contributed by atoms with Gasteiger partial charge in [-0.3, -0.25) is 15.1 Å². The molecule has 1 N–H and O–H groups in total. The number of thioether (sulfide) groups is 1. The van der Waals surface area contributed by atoms with Gasteiger partial charge in [0, 0.05) is 34.8 Å². The number of non-ortho nitro benzene ring substituents is 1. The molecule has 1 aliphatic heterocycles. The normalized spacial score (nSPS) is 15.9. The lowest BCUT2D eigenvalue weighted by Crippen LogP contribution is -2.17. The van der Waals surface area contributed by atoms with Crippen molar-refractivity contribution in [3.63, 3.8) is 0 Å². The Bertz CT molecular complexity index is 1200. The Morgan fingerprint density at radius 3 is 2.76 bits per heavy atom. The fourth-order valence-electron chi connectivity index (χ4n) is 3.25. The predicted molar refractivity (Wildman–Crippen MR) is 110 cm³/mol. The molecule has 2 aromatic carbocycles. The molecule has 0 fully saturated rings. The van der Waals surface area contributed by atoms with Crippen LogP contribution in [-0.4, -0.2) is 15.7 Å². The van der Waals surface area contributed by atoms with E-state index in [0.29, 0.717) is 23.6 Å². The quantitative estimate of drug-likeness (QED) is 0.487. The van der Waals surface area contributed by atoms with Gasteiger partial charge in [-0.25, -0.2) is 4.79 Å². The number of aliphatic imine (C=N–C) groups is 1. The van der Waals surface area contributed by atoms with Crippen LogP contribution in [-0.2, 0) is 0 Å². The van der Waals surface area contributed by atoms with Crippen LogP contribution in [0.5, 0.6) is 5.75 Å². The summed E-state index contributed by atoms with van der Waals surface area (Å²) in [6, 6.07) is 15.3. The van der Waals surface area contributed by atoms with Crippen LogP contribution in [0.4, 0.5) is 11.4 Å². The number of aryl methyl sites for hydroxylation is 1. The smallest absolute Gasteiger partial charge is 0.348 e. The highest BCUT2D eigenvalue weighted by Crippen LogP contribution is 2.46. The van der Waals surface area contributed by atoms with E-state index < -0.39 is 10.5 Å². The average molecular weight is 408 g/mol. The Morgan fingerprint density at radius 1 is 1.21 bits per heavy atom. The summed E-state index contributed by atoms with van der Waals surface area (Å²) in [5.74, 6) is 0.107. The summed E-state index contributed by atoms with van der Waals surface area (Å²) >= 11 is 1.51. The van der Waals surface area contributed by atoms with Crippen molar-refractivity contribution in [2.75, 3.05) is 0 Å². The monoisotopic (exact) mass is 408 g/mol. The van der Waals surface area contributed by atoms with Gasteiger partial charge in [0.2, 0.25) is 0 Å². The number of hydrogen-bond donors (Lipinski definition) is 1. The van der Waals surface area contributed by atoms with Crippen molar-refractivity contribution in [3.05, 3.63) is 92.0 Å². The van der Waals surface area contributed by atoms with Gasteiger partial charge in [0.15, 0.2) is 0 Å². The number of nitro benzene ring substituents is 1. The number of rotatable bonds is 3. The van der Waals surface area contributed by atoms with Gasteiger partial charge in [0.25, 0.3) is 5.69 Å². The zero-order chi connectivity index (χ0) is 20.5. The number of para-hydroxylation sites is 1. The SMILES string of the molecule is Cc1cc(O)c(C2=Nc3ccccc3S[C@@H](c3cccc([N+](=O)[O-])c3)C2)c(=O)o1. The Balaban J connectivity index is 1.86. The summed E-state index contributed by atoms with van der Waals surface area (Å²) in [4.78, 5) is 28.7. The Kier molecular flexibility index (Phi) is 4.94. The maximum Gasteiger partial charge on any atom is 0.348 e. The molecule has 0 bridgehead atoms. The number of hydrogen-bond acceptors (Lipinski definition) is 7. The molecule has 29 heavy (non-hydrogen) atoms. The van der Waals surface area contributed by atoms with Crippen molar-refractivity contribution >= 4 is 28.8 Å². The molecule has 0 saturated heterocycles. The predicted octanol–water partition coefficient (Wildman–Crippen LogP) is 4.92. The van der Waals surface area contributed by atoms with Crippen molar-refractivity contribution in [1.29, 1.82) is 0 Å². The molecule has 0 radical (unpaired) electrons. The number of fused-ring (bicyclic) bond motifs is 1. The van der Waals surface area contributed by atoms with Crippen LogP contribution in [0.1, 0.15) is 28.6 Å². The lowest BCUT2D eigenvalue weighted by Gasteiger charge is -2.16. The van der Waals surface area contributed by atoms with E-state index in [0.717, 1.165) is 10.5 Å². The number of aromatic hydroxyl groups is 1. The summed E-state index contributed by atoms with van der Waals surface area (Å²) in [7, 11) is 0. The van der Waals surface area contributed by atoms with E-state index in [1.54, 1.807) is 13.0 Å². The van der Waals surface area contributed by atoms with E-state index in [4.69, 9.17) is 4.42 Å². The second-order valence-electron chi connectivity index (χ2n) is 6.59. The summed E-state index contributed by atoms with van der Waals surface area (Å²) in [6.45, 7) is 1.58. The summed E-state index contributed by atoms with van der Waals surface area (Å²) < 4.78 is 5.17. The highest BCUT2D eigenvalue weighted by molar-refractivity contribution is 7.99. The summed E-state index contributed by atoms with van der Waals surface area (Å²) in [6.07, 6.45) is 0.294. The number of nitro groups is 1. The maximum absolute atomic E-state index is 12.5. The first-order valence-electron chi connectivity index (χ1n) is 8.84. The first-order valence-corrected chi connectivity index (χ1v) is 9.72. The van der Waals surface area contributed by atoms with Crippen molar-refractivity contribution in [2.24, 2.45) is 4.99 Å². The van der Waals surface area contributed by atoms with Crippen LogP contribution in [0.25, 0.3) is 0 Å². The lowest BCUT2D eigenvalue weighted by molar-refractivity contribution is -0.384. The van der Waals surface area contributed by atoms with Crippen LogP contribution >= 0.6 is 11.8 Å². The lowest BCUT2D eigenvalue weighted by atomic mass is 10.0. The van der Waals surface area contributed by atoms with Crippen LogP contribution in [0.15, 0.2) is 73.7 Å². The standard InChI is InChI=1S/C21H16N2O5S/c1-12-9-17(24)20(21(25)28-12)16-11-19(13-5-4-6-14(10-13)23(26)27)29-18-8-3-2-7-15(18)22-16/h2-10,19,24H,11H2,1H3/t19-/m1/s1. The molecule has 1 atom stereocenters. The Morgan fingerprint density at radius 2 is 2.00 bits per heavy atom. The van der Waals surface area contributed by atoms with Gasteiger partial charge in [-0.1, -0.05) is 24.3 Å². The van der Waals surface area contributed by atoms with Crippen molar-refractivity contribution in [1.82, 2.24) is 0 Å². The fourth-order valence-corrected chi connectivity index (χ4v) is 4.48. The maximum atomic E-state index is 12.5. The molecule has 0 aliphatic carbocycles.